The summed E-state index contributed by atoms with van der Waals surface area (Å²) in [5, 5.41) is 10.3. The van der Waals surface area contributed by atoms with E-state index in [-0.39, 0.29) is 11.9 Å². The molecule has 5 heteroatoms. The summed E-state index contributed by atoms with van der Waals surface area (Å²) in [5.41, 5.74) is 1.01. The van der Waals surface area contributed by atoms with Crippen molar-refractivity contribution in [3.05, 3.63) is 35.4 Å². The number of amides is 1. The maximum Gasteiger partial charge on any atom is 0.254 e. The Morgan fingerprint density at radius 2 is 2.04 bits per heavy atom. The van der Waals surface area contributed by atoms with Gasteiger partial charge in [-0.15, -0.1) is 0 Å². The Kier molecular flexibility index (Phi) is 5.23. The van der Waals surface area contributed by atoms with E-state index in [9.17, 15) is 9.90 Å². The monoisotopic (exact) mass is 332 g/mol. The third-order valence-corrected chi connectivity index (χ3v) is 5.01. The van der Waals surface area contributed by atoms with Crippen LogP contribution < -0.4 is 0 Å². The van der Waals surface area contributed by atoms with Crippen molar-refractivity contribution in [2.75, 3.05) is 32.8 Å². The van der Waals surface area contributed by atoms with Crippen LogP contribution in [-0.4, -0.2) is 65.3 Å². The zero-order valence-corrected chi connectivity index (χ0v) is 14.7. The molecule has 1 N–H and O–H groups in total. The first-order valence-corrected chi connectivity index (χ1v) is 8.87. The quantitative estimate of drug-likeness (QED) is 0.915. The molecule has 1 atom stereocenters. The second-order valence-electron chi connectivity index (χ2n) is 7.40. The van der Waals surface area contributed by atoms with Gasteiger partial charge in [0.2, 0.25) is 0 Å². The zero-order valence-electron chi connectivity index (χ0n) is 14.7. The molecule has 1 aromatic rings. The highest BCUT2D eigenvalue weighted by atomic mass is 16.5. The lowest BCUT2D eigenvalue weighted by atomic mass is 9.96. The number of aliphatic hydroxyl groups is 1. The maximum atomic E-state index is 12.9. The molecule has 0 saturated carbocycles. The molecule has 1 unspecified atom stereocenters. The normalized spacial score (nSPS) is 22.8. The summed E-state index contributed by atoms with van der Waals surface area (Å²) in [4.78, 5) is 17.1. The molecular formula is C19H28N2O3. The van der Waals surface area contributed by atoms with Crippen molar-refractivity contribution >= 4 is 5.91 Å². The lowest BCUT2D eigenvalue weighted by molar-refractivity contribution is 0.000326. The van der Waals surface area contributed by atoms with Crippen molar-refractivity contribution in [2.24, 2.45) is 0 Å². The van der Waals surface area contributed by atoms with Gasteiger partial charge in [-0.1, -0.05) is 12.1 Å². The molecule has 0 spiro atoms. The van der Waals surface area contributed by atoms with Crippen molar-refractivity contribution in [3.8, 4) is 0 Å². The number of rotatable bonds is 4. The first-order valence-electron chi connectivity index (χ1n) is 8.87. The summed E-state index contributed by atoms with van der Waals surface area (Å²) in [5.74, 6) is 0.0310. The lowest BCUT2D eigenvalue weighted by Crippen LogP contribution is -2.48. The summed E-state index contributed by atoms with van der Waals surface area (Å²) in [6, 6.07) is 7.80. The lowest BCUT2D eigenvalue weighted by Gasteiger charge is -2.34. The van der Waals surface area contributed by atoms with Gasteiger partial charge < -0.3 is 14.7 Å². The number of ether oxygens (including phenoxy) is 1. The highest BCUT2D eigenvalue weighted by Crippen LogP contribution is 2.28. The van der Waals surface area contributed by atoms with Gasteiger partial charge in [-0.3, -0.25) is 9.69 Å². The van der Waals surface area contributed by atoms with Gasteiger partial charge in [0.1, 0.15) is 0 Å². The minimum atomic E-state index is -0.864. The van der Waals surface area contributed by atoms with Gasteiger partial charge in [-0.05, 0) is 44.4 Å². The highest BCUT2D eigenvalue weighted by molar-refractivity contribution is 5.94. The number of likely N-dealkylation sites (tertiary alicyclic amines) is 1. The average molecular weight is 332 g/mol. The van der Waals surface area contributed by atoms with E-state index in [1.807, 2.05) is 23.1 Å². The van der Waals surface area contributed by atoms with E-state index in [2.05, 4.69) is 11.0 Å². The van der Waals surface area contributed by atoms with E-state index in [0.717, 1.165) is 63.4 Å². The number of hydrogen-bond donors (Lipinski definition) is 1. The molecule has 2 fully saturated rings. The topological polar surface area (TPSA) is 53.0 Å². The van der Waals surface area contributed by atoms with Crippen LogP contribution in [0.25, 0.3) is 0 Å². The predicted octanol–water partition coefficient (Wildman–Crippen LogP) is 1.89. The van der Waals surface area contributed by atoms with Crippen molar-refractivity contribution in [1.29, 1.82) is 0 Å². The summed E-state index contributed by atoms with van der Waals surface area (Å²) in [7, 11) is 0. The Morgan fingerprint density at radius 1 is 1.29 bits per heavy atom. The SMILES string of the molecule is CC(C)(O)C1CCCN1C(=O)c1cccc(CN2CCOCC2)c1. The largest absolute Gasteiger partial charge is 0.388 e. The Bertz CT molecular complexity index is 576. The van der Waals surface area contributed by atoms with Crippen LogP contribution in [0.3, 0.4) is 0 Å². The van der Waals surface area contributed by atoms with Crippen LogP contribution in [0.1, 0.15) is 42.6 Å². The number of carbonyl (C=O) groups is 1. The summed E-state index contributed by atoms with van der Waals surface area (Å²) in [6.45, 7) is 8.58. The highest BCUT2D eigenvalue weighted by Gasteiger charge is 2.38. The van der Waals surface area contributed by atoms with E-state index < -0.39 is 5.60 Å². The van der Waals surface area contributed by atoms with Crippen molar-refractivity contribution in [3.63, 3.8) is 0 Å². The van der Waals surface area contributed by atoms with Crippen LogP contribution in [0.4, 0.5) is 0 Å². The van der Waals surface area contributed by atoms with Crippen molar-refractivity contribution < 1.29 is 14.6 Å². The first kappa shape index (κ1) is 17.4. The number of nitrogens with zero attached hydrogens (tertiary/aromatic N) is 2. The van der Waals surface area contributed by atoms with Gasteiger partial charge in [-0.25, -0.2) is 0 Å². The second-order valence-corrected chi connectivity index (χ2v) is 7.40. The van der Waals surface area contributed by atoms with Gasteiger partial charge >= 0.3 is 0 Å². The molecule has 0 aromatic heterocycles. The summed E-state index contributed by atoms with van der Waals surface area (Å²) in [6.07, 6.45) is 1.82. The smallest absolute Gasteiger partial charge is 0.254 e. The summed E-state index contributed by atoms with van der Waals surface area (Å²) < 4.78 is 5.38. The van der Waals surface area contributed by atoms with Gasteiger partial charge in [0, 0.05) is 31.7 Å². The summed E-state index contributed by atoms with van der Waals surface area (Å²) >= 11 is 0. The average Bonchev–Trinajstić information content (AvgIpc) is 3.05. The number of benzene rings is 1. The molecule has 2 aliphatic rings. The molecule has 2 saturated heterocycles. The Morgan fingerprint density at radius 3 is 2.75 bits per heavy atom. The maximum absolute atomic E-state index is 12.9. The van der Waals surface area contributed by atoms with Gasteiger partial charge in [0.25, 0.3) is 5.91 Å². The van der Waals surface area contributed by atoms with Gasteiger partial charge in [0.15, 0.2) is 0 Å². The first-order chi connectivity index (χ1) is 11.4. The van der Waals surface area contributed by atoms with Crippen molar-refractivity contribution in [1.82, 2.24) is 9.80 Å². The fourth-order valence-corrected chi connectivity index (χ4v) is 3.73. The molecule has 132 valence electrons. The fraction of sp³-hybridized carbons (Fsp3) is 0.632. The predicted molar refractivity (Wildman–Crippen MR) is 92.9 cm³/mol. The molecule has 2 heterocycles. The van der Waals surface area contributed by atoms with Crippen molar-refractivity contribution in [2.45, 2.75) is 44.9 Å². The number of hydrogen-bond acceptors (Lipinski definition) is 4. The van der Waals surface area contributed by atoms with Crippen LogP contribution in [0.5, 0.6) is 0 Å². The number of carbonyl (C=O) groups excluding carboxylic acids is 1. The van der Waals surface area contributed by atoms with Gasteiger partial charge in [0.05, 0.1) is 24.9 Å². The minimum Gasteiger partial charge on any atom is -0.388 e. The minimum absolute atomic E-state index is 0.0310. The molecule has 1 aromatic carbocycles. The Labute approximate surface area is 144 Å². The molecule has 0 aliphatic carbocycles. The standard InChI is InChI=1S/C19H28N2O3/c1-19(2,23)17-7-4-8-21(17)18(22)16-6-3-5-15(13-16)14-20-9-11-24-12-10-20/h3,5-6,13,17,23H,4,7-12,14H2,1-2H3. The van der Waals surface area contributed by atoms with E-state index in [4.69, 9.17) is 4.74 Å². The van der Waals surface area contributed by atoms with Crippen LogP contribution in [0.2, 0.25) is 0 Å². The Hall–Kier alpha value is -1.43. The molecule has 5 nitrogen and oxygen atoms in total. The third kappa shape index (κ3) is 3.97. The van der Waals surface area contributed by atoms with Crippen LogP contribution in [0, 0.1) is 0 Å². The molecule has 0 radical (unpaired) electrons. The third-order valence-electron chi connectivity index (χ3n) is 5.01. The molecular weight excluding hydrogens is 304 g/mol. The molecule has 24 heavy (non-hydrogen) atoms. The molecule has 2 aliphatic heterocycles. The second kappa shape index (κ2) is 7.21. The Balaban J connectivity index is 1.72. The zero-order chi connectivity index (χ0) is 17.2. The van der Waals surface area contributed by atoms with Crippen LogP contribution in [0.15, 0.2) is 24.3 Å². The van der Waals surface area contributed by atoms with Crippen LogP contribution >= 0.6 is 0 Å². The van der Waals surface area contributed by atoms with E-state index in [0.29, 0.717) is 0 Å². The van der Waals surface area contributed by atoms with E-state index in [1.54, 1.807) is 13.8 Å². The molecule has 0 bridgehead atoms. The fourth-order valence-electron chi connectivity index (χ4n) is 3.73. The van der Waals surface area contributed by atoms with Crippen LogP contribution in [-0.2, 0) is 11.3 Å². The number of morpholine rings is 1. The van der Waals surface area contributed by atoms with Gasteiger partial charge in [-0.2, -0.15) is 0 Å². The van der Waals surface area contributed by atoms with E-state index in [1.165, 1.54) is 0 Å². The molecule has 3 rings (SSSR count). The molecule has 1 amide bonds. The van der Waals surface area contributed by atoms with E-state index >= 15 is 0 Å².